The van der Waals surface area contributed by atoms with E-state index >= 15 is 0 Å². The van der Waals surface area contributed by atoms with Gasteiger partial charge in [-0.1, -0.05) is 94.6 Å². The molecule has 0 aliphatic heterocycles. The highest BCUT2D eigenvalue weighted by Crippen LogP contribution is 2.16. The molecule has 0 bridgehead atoms. The maximum atomic E-state index is 13.2. The van der Waals surface area contributed by atoms with Crippen LogP contribution in [-0.4, -0.2) is 58.9 Å². The van der Waals surface area contributed by atoms with Gasteiger partial charge in [0.15, 0.2) is 5.78 Å². The first kappa shape index (κ1) is 35.1. The van der Waals surface area contributed by atoms with Crippen LogP contribution in [0.5, 0.6) is 0 Å². The van der Waals surface area contributed by atoms with Crippen LogP contribution in [0.2, 0.25) is 0 Å². The van der Waals surface area contributed by atoms with Crippen molar-refractivity contribution in [1.29, 1.82) is 0 Å². The highest BCUT2D eigenvalue weighted by atomic mass is 16.5. The third-order valence-electron chi connectivity index (χ3n) is 7.43. The molecule has 0 heterocycles. The van der Waals surface area contributed by atoms with Gasteiger partial charge >= 0.3 is 11.9 Å². The van der Waals surface area contributed by atoms with Crippen molar-refractivity contribution < 1.29 is 33.8 Å². The van der Waals surface area contributed by atoms with Crippen LogP contribution in [0.25, 0.3) is 0 Å². The molecule has 0 saturated carbocycles. The number of benzene rings is 2. The molecule has 0 saturated heterocycles. The average molecular weight is 596 g/mol. The Morgan fingerprint density at radius 1 is 0.884 bits per heavy atom. The second-order valence-corrected chi connectivity index (χ2v) is 11.0. The molecule has 2 amide bonds. The number of carboxylic acid groups (broad SMARTS) is 1. The first-order valence-electron chi connectivity index (χ1n) is 14.9. The predicted molar refractivity (Wildman–Crippen MR) is 163 cm³/mol. The van der Waals surface area contributed by atoms with Gasteiger partial charge in [-0.3, -0.25) is 24.0 Å². The topological polar surface area (TPSA) is 165 Å². The summed E-state index contributed by atoms with van der Waals surface area (Å²) in [5.41, 5.74) is 7.71. The second-order valence-electron chi connectivity index (χ2n) is 11.0. The normalized spacial score (nSPS) is 14.4. The maximum Gasteiger partial charge on any atom is 0.325 e. The number of hydrogen-bond acceptors (Lipinski definition) is 7. The molecule has 10 heteroatoms. The molecule has 0 aliphatic rings. The van der Waals surface area contributed by atoms with E-state index in [4.69, 9.17) is 10.5 Å². The smallest absolute Gasteiger partial charge is 0.325 e. The van der Waals surface area contributed by atoms with Gasteiger partial charge in [-0.15, -0.1) is 0 Å². The largest absolute Gasteiger partial charge is 0.480 e. The summed E-state index contributed by atoms with van der Waals surface area (Å²) in [5.74, 6) is -3.23. The Morgan fingerprint density at radius 2 is 1.51 bits per heavy atom. The number of hydrogen-bond donors (Lipinski definition) is 4. The van der Waals surface area contributed by atoms with Gasteiger partial charge in [-0.25, -0.2) is 0 Å². The van der Waals surface area contributed by atoms with Gasteiger partial charge in [0.05, 0.1) is 6.42 Å². The molecule has 234 valence electrons. The fourth-order valence-corrected chi connectivity index (χ4v) is 4.38. The molecule has 0 fully saturated rings. The quantitative estimate of drug-likeness (QED) is 0.115. The van der Waals surface area contributed by atoms with Crippen LogP contribution >= 0.6 is 0 Å². The number of ketones is 1. The van der Waals surface area contributed by atoms with Crippen LogP contribution in [0.4, 0.5) is 0 Å². The monoisotopic (exact) mass is 595 g/mol. The van der Waals surface area contributed by atoms with Gasteiger partial charge in [-0.2, -0.15) is 0 Å². The lowest BCUT2D eigenvalue weighted by molar-refractivity contribution is -0.153. The van der Waals surface area contributed by atoms with Crippen LogP contribution in [0, 0.1) is 5.92 Å². The zero-order valence-corrected chi connectivity index (χ0v) is 25.5. The lowest BCUT2D eigenvalue weighted by atomic mass is 9.99. The van der Waals surface area contributed by atoms with Crippen molar-refractivity contribution in [3.8, 4) is 0 Å². The van der Waals surface area contributed by atoms with Crippen molar-refractivity contribution in [3.63, 3.8) is 0 Å². The molecule has 0 spiro atoms. The van der Waals surface area contributed by atoms with Gasteiger partial charge < -0.3 is 26.2 Å². The Morgan fingerprint density at radius 3 is 2.09 bits per heavy atom. The Labute approximate surface area is 253 Å². The fraction of sp³-hybridized carbons (Fsp3) is 0.485. The molecule has 0 radical (unpaired) electrons. The number of unbranched alkanes of at least 4 members (excludes halogenated alkanes) is 2. The first-order valence-corrected chi connectivity index (χ1v) is 14.9. The van der Waals surface area contributed by atoms with Gasteiger partial charge in [0.1, 0.15) is 24.2 Å². The van der Waals surface area contributed by atoms with Crippen molar-refractivity contribution in [2.45, 2.75) is 96.9 Å². The third-order valence-corrected chi connectivity index (χ3v) is 7.43. The highest BCUT2D eigenvalue weighted by molar-refractivity contribution is 6.08. The van der Waals surface area contributed by atoms with Crippen LogP contribution in [0.3, 0.4) is 0 Å². The van der Waals surface area contributed by atoms with Crippen molar-refractivity contribution in [2.24, 2.45) is 11.7 Å². The second kappa shape index (κ2) is 17.8. The minimum Gasteiger partial charge on any atom is -0.480 e. The van der Waals surface area contributed by atoms with E-state index in [1.54, 1.807) is 48.5 Å². The Balaban J connectivity index is 2.19. The van der Waals surface area contributed by atoms with Crippen molar-refractivity contribution in [3.05, 3.63) is 71.3 Å². The van der Waals surface area contributed by atoms with Crippen molar-refractivity contribution >= 4 is 29.5 Å². The highest BCUT2D eigenvalue weighted by Gasteiger charge is 2.28. The number of carbonyl (C=O) groups is 5. The number of carbonyl (C=O) groups excluding carboxylic acids is 4. The van der Waals surface area contributed by atoms with E-state index in [0.717, 1.165) is 19.3 Å². The first-order chi connectivity index (χ1) is 20.5. The number of carboxylic acids is 1. The minimum atomic E-state index is -1.22. The van der Waals surface area contributed by atoms with E-state index in [-0.39, 0.29) is 24.5 Å². The molecule has 2 aromatic rings. The number of nitrogens with two attached hydrogens (primary N) is 1. The predicted octanol–water partition coefficient (Wildman–Crippen LogP) is 3.79. The number of nitrogens with one attached hydrogen (secondary N) is 2. The summed E-state index contributed by atoms with van der Waals surface area (Å²) in [5, 5.41) is 14.4. The third kappa shape index (κ3) is 11.6. The lowest BCUT2D eigenvalue weighted by Gasteiger charge is -2.24. The summed E-state index contributed by atoms with van der Waals surface area (Å²) in [6.45, 7) is 7.15. The van der Waals surface area contributed by atoms with Gasteiger partial charge in [-0.05, 0) is 31.2 Å². The summed E-state index contributed by atoms with van der Waals surface area (Å²) in [6.07, 6.45) is 2.89. The lowest BCUT2D eigenvalue weighted by Crippen LogP contribution is -2.52. The molecule has 0 aromatic heterocycles. The molecule has 5 atom stereocenters. The summed E-state index contributed by atoms with van der Waals surface area (Å²) >= 11 is 0. The molecule has 0 aliphatic carbocycles. The number of ether oxygens (including phenoxy) is 1. The van der Waals surface area contributed by atoms with Gasteiger partial charge in [0.25, 0.3) is 0 Å². The molecule has 2 aromatic carbocycles. The number of esters is 1. The zero-order chi connectivity index (χ0) is 31.9. The van der Waals surface area contributed by atoms with Gasteiger partial charge in [0.2, 0.25) is 11.8 Å². The molecule has 43 heavy (non-hydrogen) atoms. The van der Waals surface area contributed by atoms with Crippen LogP contribution < -0.4 is 16.4 Å². The van der Waals surface area contributed by atoms with Crippen molar-refractivity contribution in [1.82, 2.24) is 10.6 Å². The standard InChI is InChI=1S/C33H45N3O7/c1-5-7-9-14-26(43-33(42)29(34)21(3)6-2)20-28(37)36-27(31(39)35-22(4)32(40)41)19-23-15-17-25(18-16-23)30(38)24-12-10-8-11-13-24/h8,10-13,15-18,21-22,26-27,29H,5-7,9,14,19-20,34H2,1-4H3,(H,35,39)(H,36,37)(H,40,41)/t21-,22-,26+,27-,29+/m0/s1. The molecular weight excluding hydrogens is 550 g/mol. The van der Waals surface area contributed by atoms with E-state index in [9.17, 15) is 29.1 Å². The van der Waals surface area contributed by atoms with Crippen LogP contribution in [0.15, 0.2) is 54.6 Å². The number of aliphatic carboxylic acids is 1. The maximum absolute atomic E-state index is 13.2. The molecular formula is C33H45N3O7. The minimum absolute atomic E-state index is 0.0445. The molecule has 0 unspecified atom stereocenters. The molecule has 5 N–H and O–H groups in total. The van der Waals surface area contributed by atoms with Crippen LogP contribution in [0.1, 0.15) is 87.7 Å². The van der Waals surface area contributed by atoms with E-state index in [1.807, 2.05) is 26.8 Å². The summed E-state index contributed by atoms with van der Waals surface area (Å²) in [4.78, 5) is 63.1. The van der Waals surface area contributed by atoms with E-state index < -0.39 is 48.0 Å². The van der Waals surface area contributed by atoms with Crippen molar-refractivity contribution in [2.75, 3.05) is 0 Å². The van der Waals surface area contributed by atoms with E-state index in [0.29, 0.717) is 29.5 Å². The number of amides is 2. The Kier molecular flexibility index (Phi) is 14.6. The van der Waals surface area contributed by atoms with E-state index in [1.165, 1.54) is 6.92 Å². The SMILES string of the molecule is CCCCC[C@H](CC(=O)N[C@@H](Cc1ccc(C(=O)c2ccccc2)cc1)C(=O)N[C@@H](C)C(=O)O)OC(=O)[C@H](N)[C@@H](C)CC. The summed E-state index contributed by atoms with van der Waals surface area (Å²) in [6, 6.07) is 12.4. The molecule has 2 rings (SSSR count). The zero-order valence-electron chi connectivity index (χ0n) is 25.5. The average Bonchev–Trinajstić information content (AvgIpc) is 3.00. The Bertz CT molecular complexity index is 1220. The summed E-state index contributed by atoms with van der Waals surface area (Å²) < 4.78 is 5.65. The fourth-order valence-electron chi connectivity index (χ4n) is 4.38. The Hall–Kier alpha value is -4.05. The summed E-state index contributed by atoms with van der Waals surface area (Å²) in [7, 11) is 0. The van der Waals surface area contributed by atoms with Crippen LogP contribution in [-0.2, 0) is 30.3 Å². The van der Waals surface area contributed by atoms with Gasteiger partial charge in [0, 0.05) is 17.5 Å². The number of rotatable bonds is 18. The van der Waals surface area contributed by atoms with E-state index in [2.05, 4.69) is 10.6 Å². The molecule has 10 nitrogen and oxygen atoms in total.